The Kier molecular flexibility index (Phi) is 4.85. The first kappa shape index (κ1) is 17.6. The number of methoxy groups -OCH3 is 2. The van der Waals surface area contributed by atoms with Crippen molar-refractivity contribution in [2.75, 3.05) is 32.2 Å². The summed E-state index contributed by atoms with van der Waals surface area (Å²) in [6.45, 7) is 1.93. The van der Waals surface area contributed by atoms with E-state index in [1.165, 1.54) is 0 Å². The summed E-state index contributed by atoms with van der Waals surface area (Å²) in [6.07, 6.45) is 0. The number of nitrogens with zero attached hydrogens (tertiary/aromatic N) is 2. The normalized spacial score (nSPS) is 14.1. The molecule has 1 saturated heterocycles. The van der Waals surface area contributed by atoms with Crippen molar-refractivity contribution in [3.05, 3.63) is 48.0 Å². The third-order valence-corrected chi connectivity index (χ3v) is 5.83. The lowest BCUT2D eigenvalue weighted by Crippen LogP contribution is -2.53. The molecule has 27 heavy (non-hydrogen) atoms. The molecule has 0 saturated carbocycles. The summed E-state index contributed by atoms with van der Waals surface area (Å²) in [5, 5.41) is 3.97. The van der Waals surface area contributed by atoms with Crippen molar-refractivity contribution in [2.24, 2.45) is 5.92 Å². The van der Waals surface area contributed by atoms with Crippen LogP contribution < -0.4 is 19.7 Å². The van der Waals surface area contributed by atoms with Gasteiger partial charge in [0.25, 0.3) is 0 Å². The zero-order chi connectivity index (χ0) is 18.8. The maximum Gasteiger partial charge on any atom is 0.226 e. The van der Waals surface area contributed by atoms with Crippen molar-refractivity contribution in [2.45, 2.75) is 6.54 Å². The van der Waals surface area contributed by atoms with Crippen LogP contribution in [0.3, 0.4) is 0 Å². The summed E-state index contributed by atoms with van der Waals surface area (Å²) in [5.74, 6) is 1.71. The van der Waals surface area contributed by atoms with Gasteiger partial charge in [0.05, 0.1) is 30.4 Å². The van der Waals surface area contributed by atoms with Crippen LogP contribution in [0.2, 0.25) is 0 Å². The Morgan fingerprint density at radius 2 is 1.85 bits per heavy atom. The van der Waals surface area contributed by atoms with E-state index in [0.717, 1.165) is 32.4 Å². The fourth-order valence-electron chi connectivity index (χ4n) is 3.03. The number of fused-ring (bicyclic) bond motifs is 1. The Hall–Kier alpha value is -2.80. The van der Waals surface area contributed by atoms with E-state index in [9.17, 15) is 4.79 Å². The first-order chi connectivity index (χ1) is 13.2. The Bertz CT molecular complexity index is 949. The number of nitrogens with one attached hydrogen (secondary N) is 1. The molecule has 2 heterocycles. The highest BCUT2D eigenvalue weighted by molar-refractivity contribution is 7.22. The molecule has 2 aromatic carbocycles. The van der Waals surface area contributed by atoms with Crippen LogP contribution in [-0.2, 0) is 11.3 Å². The molecular formula is C20H21N3O3S. The molecule has 6 nitrogen and oxygen atoms in total. The van der Waals surface area contributed by atoms with Gasteiger partial charge in [-0.3, -0.25) is 4.79 Å². The molecule has 1 aliphatic heterocycles. The van der Waals surface area contributed by atoms with E-state index in [1.807, 2.05) is 42.5 Å². The van der Waals surface area contributed by atoms with Crippen molar-refractivity contribution in [1.82, 2.24) is 10.3 Å². The van der Waals surface area contributed by atoms with E-state index in [4.69, 9.17) is 9.47 Å². The summed E-state index contributed by atoms with van der Waals surface area (Å²) in [4.78, 5) is 19.2. The van der Waals surface area contributed by atoms with Crippen LogP contribution in [0.4, 0.5) is 5.13 Å². The van der Waals surface area contributed by atoms with Crippen LogP contribution in [0.25, 0.3) is 10.2 Å². The van der Waals surface area contributed by atoms with Gasteiger partial charge in [-0.2, -0.15) is 0 Å². The maximum absolute atomic E-state index is 12.4. The number of ether oxygens (including phenoxy) is 2. The van der Waals surface area contributed by atoms with Gasteiger partial charge in [-0.05, 0) is 29.8 Å². The number of benzene rings is 2. The van der Waals surface area contributed by atoms with Crippen LogP contribution in [0.15, 0.2) is 42.5 Å². The highest BCUT2D eigenvalue weighted by atomic mass is 32.1. The molecule has 140 valence electrons. The Labute approximate surface area is 161 Å². The number of hydrogen-bond donors (Lipinski definition) is 1. The van der Waals surface area contributed by atoms with Gasteiger partial charge in [0.2, 0.25) is 5.91 Å². The van der Waals surface area contributed by atoms with Crippen LogP contribution >= 0.6 is 11.3 Å². The largest absolute Gasteiger partial charge is 0.497 e. The molecule has 7 heteroatoms. The molecule has 0 aliphatic carbocycles. The van der Waals surface area contributed by atoms with Gasteiger partial charge < -0.3 is 19.7 Å². The zero-order valence-corrected chi connectivity index (χ0v) is 16.1. The Morgan fingerprint density at radius 1 is 1.15 bits per heavy atom. The molecular weight excluding hydrogens is 362 g/mol. The van der Waals surface area contributed by atoms with Crippen LogP contribution in [-0.4, -0.2) is 38.2 Å². The predicted molar refractivity (Wildman–Crippen MR) is 107 cm³/mol. The zero-order valence-electron chi connectivity index (χ0n) is 15.3. The monoisotopic (exact) mass is 383 g/mol. The lowest BCUT2D eigenvalue weighted by Gasteiger charge is -2.37. The number of hydrogen-bond acceptors (Lipinski definition) is 6. The molecule has 0 spiro atoms. The van der Waals surface area contributed by atoms with Gasteiger partial charge in [-0.1, -0.05) is 23.5 Å². The molecule has 3 aromatic rings. The third-order valence-electron chi connectivity index (χ3n) is 4.73. The van der Waals surface area contributed by atoms with Gasteiger partial charge in [0, 0.05) is 25.7 Å². The van der Waals surface area contributed by atoms with Crippen molar-refractivity contribution in [3.63, 3.8) is 0 Å². The number of thiazole rings is 1. The van der Waals surface area contributed by atoms with Crippen molar-refractivity contribution < 1.29 is 14.3 Å². The maximum atomic E-state index is 12.4. The Morgan fingerprint density at radius 3 is 2.56 bits per heavy atom. The molecule has 1 aliphatic rings. The van der Waals surface area contributed by atoms with Gasteiger partial charge >= 0.3 is 0 Å². The van der Waals surface area contributed by atoms with Gasteiger partial charge in [0.1, 0.15) is 11.5 Å². The second kappa shape index (κ2) is 7.44. The lowest BCUT2D eigenvalue weighted by molar-refractivity contribution is -0.125. The van der Waals surface area contributed by atoms with Gasteiger partial charge in [-0.15, -0.1) is 0 Å². The minimum Gasteiger partial charge on any atom is -0.497 e. The second-order valence-corrected chi connectivity index (χ2v) is 7.51. The predicted octanol–water partition coefficient (Wildman–Crippen LogP) is 3.07. The number of carbonyl (C=O) groups excluding carboxylic acids is 1. The van der Waals surface area contributed by atoms with Crippen LogP contribution in [0, 0.1) is 5.92 Å². The number of rotatable bonds is 6. The standard InChI is InChI=1S/C20H21N3O3S/c1-25-15-5-3-13(4-6-15)10-21-19(24)14-11-23(12-14)20-22-17-9-16(26-2)7-8-18(17)27-20/h3-9,14H,10-12H2,1-2H3,(H,21,24). The Balaban J connectivity index is 1.31. The van der Waals surface area contributed by atoms with Gasteiger partial charge in [-0.25, -0.2) is 4.98 Å². The summed E-state index contributed by atoms with van der Waals surface area (Å²) >= 11 is 1.64. The van der Waals surface area contributed by atoms with E-state index in [1.54, 1.807) is 25.6 Å². The molecule has 0 bridgehead atoms. The first-order valence-corrected chi connectivity index (χ1v) is 9.58. The first-order valence-electron chi connectivity index (χ1n) is 8.76. The fraction of sp³-hybridized carbons (Fsp3) is 0.300. The summed E-state index contributed by atoms with van der Waals surface area (Å²) < 4.78 is 11.5. The molecule has 1 N–H and O–H groups in total. The SMILES string of the molecule is COc1ccc(CNC(=O)C2CN(c3nc4cc(OC)ccc4s3)C2)cc1. The average molecular weight is 383 g/mol. The molecule has 1 amide bonds. The van der Waals surface area contributed by atoms with E-state index in [2.05, 4.69) is 15.2 Å². The highest BCUT2D eigenvalue weighted by Crippen LogP contribution is 2.34. The molecule has 0 atom stereocenters. The van der Waals surface area contributed by atoms with Gasteiger partial charge in [0.15, 0.2) is 5.13 Å². The van der Waals surface area contributed by atoms with Crippen molar-refractivity contribution >= 4 is 32.6 Å². The van der Waals surface area contributed by atoms with Crippen LogP contribution in [0.1, 0.15) is 5.56 Å². The summed E-state index contributed by atoms with van der Waals surface area (Å²) in [7, 11) is 3.29. The van der Waals surface area contributed by atoms with E-state index >= 15 is 0 Å². The average Bonchev–Trinajstić information content (AvgIpc) is 3.08. The number of anilines is 1. The summed E-state index contributed by atoms with van der Waals surface area (Å²) in [6, 6.07) is 13.6. The second-order valence-electron chi connectivity index (χ2n) is 6.50. The van der Waals surface area contributed by atoms with Crippen LogP contribution in [0.5, 0.6) is 11.5 Å². The quantitative estimate of drug-likeness (QED) is 0.709. The molecule has 1 aromatic heterocycles. The topological polar surface area (TPSA) is 63.7 Å². The molecule has 1 fully saturated rings. The summed E-state index contributed by atoms with van der Waals surface area (Å²) in [5.41, 5.74) is 1.99. The minimum atomic E-state index is 0.00444. The van der Waals surface area contributed by atoms with E-state index < -0.39 is 0 Å². The molecule has 0 radical (unpaired) electrons. The fourth-order valence-corrected chi connectivity index (χ4v) is 4.00. The van der Waals surface area contributed by atoms with Crippen molar-refractivity contribution in [1.29, 1.82) is 0 Å². The number of carbonyl (C=O) groups is 1. The van der Waals surface area contributed by atoms with E-state index in [-0.39, 0.29) is 11.8 Å². The van der Waals surface area contributed by atoms with Crippen molar-refractivity contribution in [3.8, 4) is 11.5 Å². The number of aromatic nitrogens is 1. The van der Waals surface area contributed by atoms with E-state index in [0.29, 0.717) is 19.6 Å². The number of amides is 1. The smallest absolute Gasteiger partial charge is 0.226 e. The molecule has 4 rings (SSSR count). The highest BCUT2D eigenvalue weighted by Gasteiger charge is 2.34. The molecule has 0 unspecified atom stereocenters. The lowest BCUT2D eigenvalue weighted by atomic mass is 10.00. The third kappa shape index (κ3) is 3.68. The minimum absolute atomic E-state index is 0.00444.